The van der Waals surface area contributed by atoms with Crippen molar-refractivity contribution in [1.29, 1.82) is 0 Å². The van der Waals surface area contributed by atoms with Gasteiger partial charge in [0.15, 0.2) is 5.78 Å². The first-order valence-electron chi connectivity index (χ1n) is 11.9. The van der Waals surface area contributed by atoms with Gasteiger partial charge in [0, 0.05) is 18.1 Å². The number of anilines is 2. The van der Waals surface area contributed by atoms with Crippen LogP contribution in [0, 0.1) is 25.6 Å². The number of aryl methyl sites for hydroxylation is 2. The van der Waals surface area contributed by atoms with Gasteiger partial charge in [0.25, 0.3) is 0 Å². The highest BCUT2D eigenvalue weighted by Gasteiger charge is 2.27. The molecule has 0 N–H and O–H groups in total. The van der Waals surface area contributed by atoms with Crippen LogP contribution in [0.1, 0.15) is 54.2 Å². The number of hydrogen-bond acceptors (Lipinski definition) is 5. The summed E-state index contributed by atoms with van der Waals surface area (Å²) in [6.45, 7) is 8.47. The Hall–Kier alpha value is -3.71. The second kappa shape index (κ2) is 12.0. The number of benzene rings is 3. The molecule has 6 nitrogen and oxygen atoms in total. The number of carbonyl (C=O) groups is 3. The van der Waals surface area contributed by atoms with Gasteiger partial charge < -0.3 is 9.47 Å². The largest absolute Gasteiger partial charge is 0.425 e. The predicted octanol–water partition coefficient (Wildman–Crippen LogP) is 7.54. The number of ether oxygens (including phenoxy) is 2. The normalized spacial score (nSPS) is 12.4. The Morgan fingerprint density at radius 2 is 1.62 bits per heavy atom. The van der Waals surface area contributed by atoms with Crippen LogP contribution in [-0.2, 0) is 14.3 Å². The van der Waals surface area contributed by atoms with Crippen molar-refractivity contribution < 1.29 is 28.2 Å². The average molecular weight is 526 g/mol. The zero-order valence-corrected chi connectivity index (χ0v) is 22.1. The molecule has 8 heteroatoms. The Morgan fingerprint density at radius 1 is 0.919 bits per heavy atom. The highest BCUT2D eigenvalue weighted by atomic mass is 35.5. The molecule has 3 aromatic rings. The van der Waals surface area contributed by atoms with E-state index in [4.69, 9.17) is 21.1 Å². The lowest BCUT2D eigenvalue weighted by Gasteiger charge is -2.26. The zero-order valence-electron chi connectivity index (χ0n) is 21.4. The van der Waals surface area contributed by atoms with Crippen molar-refractivity contribution in [2.45, 2.75) is 47.3 Å². The fourth-order valence-electron chi connectivity index (χ4n) is 3.68. The Balaban J connectivity index is 1.97. The molecule has 0 spiro atoms. The van der Waals surface area contributed by atoms with E-state index >= 15 is 0 Å². The van der Waals surface area contributed by atoms with Gasteiger partial charge in [-0.05, 0) is 67.8 Å². The molecule has 0 saturated heterocycles. The number of rotatable bonds is 8. The van der Waals surface area contributed by atoms with Crippen LogP contribution in [0.25, 0.3) is 0 Å². The number of halogens is 2. The van der Waals surface area contributed by atoms with Gasteiger partial charge in [-0.2, -0.15) is 0 Å². The monoisotopic (exact) mass is 525 g/mol. The summed E-state index contributed by atoms with van der Waals surface area (Å²) in [5.41, 5.74) is 2.66. The number of esters is 1. The van der Waals surface area contributed by atoms with Crippen LogP contribution in [0.15, 0.2) is 60.7 Å². The molecular weight excluding hydrogens is 497 g/mol. The molecule has 1 amide bonds. The summed E-state index contributed by atoms with van der Waals surface area (Å²) >= 11 is 6.52. The topological polar surface area (TPSA) is 72.9 Å². The molecule has 3 aromatic carbocycles. The molecule has 0 bridgehead atoms. The first kappa shape index (κ1) is 27.9. The average Bonchev–Trinajstić information content (AvgIpc) is 2.84. The van der Waals surface area contributed by atoms with E-state index in [0.717, 1.165) is 5.56 Å². The summed E-state index contributed by atoms with van der Waals surface area (Å²) < 4.78 is 24.5. The summed E-state index contributed by atoms with van der Waals surface area (Å²) in [6, 6.07) is 15.6. The predicted molar refractivity (Wildman–Crippen MR) is 141 cm³/mol. The summed E-state index contributed by atoms with van der Waals surface area (Å²) in [6.07, 6.45) is -1.46. The lowest BCUT2D eigenvalue weighted by molar-refractivity contribution is -0.169. The van der Waals surface area contributed by atoms with Gasteiger partial charge in [-0.1, -0.05) is 49.7 Å². The molecule has 0 fully saturated rings. The van der Waals surface area contributed by atoms with Crippen molar-refractivity contribution in [3.63, 3.8) is 0 Å². The van der Waals surface area contributed by atoms with Gasteiger partial charge >= 0.3 is 12.1 Å². The van der Waals surface area contributed by atoms with Crippen LogP contribution in [0.4, 0.5) is 20.6 Å². The Kier molecular flexibility index (Phi) is 9.05. The molecule has 2 atom stereocenters. The van der Waals surface area contributed by atoms with Crippen LogP contribution in [0.2, 0.25) is 5.02 Å². The zero-order chi connectivity index (χ0) is 27.3. The second-order valence-electron chi connectivity index (χ2n) is 8.77. The van der Waals surface area contributed by atoms with Crippen LogP contribution in [0.5, 0.6) is 0 Å². The minimum absolute atomic E-state index is 0.125. The summed E-state index contributed by atoms with van der Waals surface area (Å²) in [4.78, 5) is 39.8. The summed E-state index contributed by atoms with van der Waals surface area (Å²) in [5, 5.41) is 0.125. The quantitative estimate of drug-likeness (QED) is 0.172. The van der Waals surface area contributed by atoms with Crippen molar-refractivity contribution in [2.24, 2.45) is 5.92 Å². The molecule has 0 heterocycles. The van der Waals surface area contributed by atoms with Crippen molar-refractivity contribution in [3.8, 4) is 0 Å². The van der Waals surface area contributed by atoms with Gasteiger partial charge in [0.1, 0.15) is 5.82 Å². The lowest BCUT2D eigenvalue weighted by atomic mass is 9.99. The van der Waals surface area contributed by atoms with E-state index in [0.29, 0.717) is 23.2 Å². The van der Waals surface area contributed by atoms with Crippen LogP contribution < -0.4 is 4.90 Å². The van der Waals surface area contributed by atoms with Gasteiger partial charge in [-0.25, -0.2) is 14.1 Å². The molecule has 0 aliphatic carbocycles. The number of nitrogens with zero attached hydrogens (tertiary/aromatic N) is 1. The maximum atomic E-state index is 13.8. The highest BCUT2D eigenvalue weighted by Crippen LogP contribution is 2.34. The third-order valence-electron chi connectivity index (χ3n) is 5.99. The van der Waals surface area contributed by atoms with Crippen LogP contribution in [0.3, 0.4) is 0 Å². The minimum Gasteiger partial charge on any atom is -0.425 e. The van der Waals surface area contributed by atoms with E-state index in [2.05, 4.69) is 0 Å². The first-order chi connectivity index (χ1) is 17.5. The van der Waals surface area contributed by atoms with Crippen molar-refractivity contribution in [3.05, 3.63) is 93.8 Å². The van der Waals surface area contributed by atoms with E-state index in [1.807, 2.05) is 26.0 Å². The van der Waals surface area contributed by atoms with Gasteiger partial charge in [-0.3, -0.25) is 9.59 Å². The van der Waals surface area contributed by atoms with Crippen molar-refractivity contribution >= 4 is 40.8 Å². The van der Waals surface area contributed by atoms with Crippen LogP contribution >= 0.6 is 11.6 Å². The minimum atomic E-state index is -1.17. The third kappa shape index (κ3) is 6.54. The molecule has 0 aliphatic rings. The molecular formula is C29H29ClFNO5. The van der Waals surface area contributed by atoms with Crippen LogP contribution in [-0.4, -0.2) is 24.1 Å². The van der Waals surface area contributed by atoms with E-state index < -0.39 is 24.2 Å². The van der Waals surface area contributed by atoms with Crippen molar-refractivity contribution in [2.75, 3.05) is 4.90 Å². The van der Waals surface area contributed by atoms with E-state index in [-0.39, 0.29) is 28.0 Å². The molecule has 0 aromatic heterocycles. The number of carbonyl (C=O) groups excluding carboxylic acids is 3. The number of amides is 1. The highest BCUT2D eigenvalue weighted by molar-refractivity contribution is 6.35. The number of ketones is 1. The molecule has 0 saturated carbocycles. The smallest absolute Gasteiger partial charge is 0.422 e. The SMILES string of the molecule is CCC(C)C(=O)OC(C)OC(=O)N(c1ccc(C(=O)c2ccccc2C)c(Cl)c1)c1ccc(F)cc1C. The van der Waals surface area contributed by atoms with Gasteiger partial charge in [0.05, 0.1) is 22.3 Å². The third-order valence-corrected chi connectivity index (χ3v) is 6.30. The molecule has 0 radical (unpaired) electrons. The molecule has 2 unspecified atom stereocenters. The fourth-order valence-corrected chi connectivity index (χ4v) is 3.94. The Morgan fingerprint density at radius 3 is 2.24 bits per heavy atom. The lowest BCUT2D eigenvalue weighted by Crippen LogP contribution is -2.33. The first-order valence-corrected chi connectivity index (χ1v) is 12.3. The Labute approximate surface area is 221 Å². The fraction of sp³-hybridized carbons (Fsp3) is 0.276. The molecule has 37 heavy (non-hydrogen) atoms. The maximum Gasteiger partial charge on any atom is 0.422 e. The van der Waals surface area contributed by atoms with Gasteiger partial charge in [0.2, 0.25) is 6.29 Å². The summed E-state index contributed by atoms with van der Waals surface area (Å²) in [7, 11) is 0. The summed E-state index contributed by atoms with van der Waals surface area (Å²) in [5.74, 6) is -1.57. The molecule has 3 rings (SSSR count). The molecule has 0 aliphatic heterocycles. The van der Waals surface area contributed by atoms with Crippen molar-refractivity contribution in [1.82, 2.24) is 0 Å². The standard InChI is InChI=1S/C29H29ClFNO5/c1-6-17(2)28(34)36-20(5)37-29(35)32(26-14-11-21(31)15-19(26)4)22-12-13-24(25(30)16-22)27(33)23-10-8-7-9-18(23)3/h7-17,20H,6H2,1-5H3. The van der Waals surface area contributed by atoms with E-state index in [1.54, 1.807) is 32.0 Å². The van der Waals surface area contributed by atoms with E-state index in [1.165, 1.54) is 42.2 Å². The van der Waals surface area contributed by atoms with E-state index in [9.17, 15) is 18.8 Å². The number of hydrogen-bond donors (Lipinski definition) is 0. The van der Waals surface area contributed by atoms with Gasteiger partial charge in [-0.15, -0.1) is 0 Å². The maximum absolute atomic E-state index is 13.8. The Bertz CT molecular complexity index is 1330. The molecule has 194 valence electrons. The second-order valence-corrected chi connectivity index (χ2v) is 9.18.